The van der Waals surface area contributed by atoms with E-state index in [1.807, 2.05) is 44.4 Å². The fraction of sp³-hybridized carbons (Fsp3) is 0.250. The van der Waals surface area contributed by atoms with Crippen LogP contribution < -0.4 is 15.0 Å². The maximum atomic E-state index is 9.59. The number of hydrogen-bond donors (Lipinski definition) is 2. The van der Waals surface area contributed by atoms with Crippen LogP contribution in [0.2, 0.25) is 0 Å². The summed E-state index contributed by atoms with van der Waals surface area (Å²) in [5, 5.41) is 13.0. The van der Waals surface area contributed by atoms with Gasteiger partial charge in [-0.15, -0.1) is 0 Å². The number of rotatable bonds is 5. The van der Waals surface area contributed by atoms with Crippen LogP contribution in [0.5, 0.6) is 11.5 Å². The SMILES string of the molecule is COc1cc(CNc2ccccc2N(C)C)ccc1O. The lowest BCUT2D eigenvalue weighted by Crippen LogP contribution is -2.12. The molecule has 0 unspecified atom stereocenters. The molecule has 2 rings (SSSR count). The van der Waals surface area contributed by atoms with Crippen molar-refractivity contribution in [3.05, 3.63) is 48.0 Å². The van der Waals surface area contributed by atoms with Gasteiger partial charge in [-0.2, -0.15) is 0 Å². The fourth-order valence-corrected chi connectivity index (χ4v) is 2.04. The Morgan fingerprint density at radius 2 is 1.90 bits per heavy atom. The third-order valence-corrected chi connectivity index (χ3v) is 3.11. The average molecular weight is 272 g/mol. The van der Waals surface area contributed by atoms with Gasteiger partial charge in [0.05, 0.1) is 18.5 Å². The quantitative estimate of drug-likeness (QED) is 0.878. The van der Waals surface area contributed by atoms with Crippen molar-refractivity contribution < 1.29 is 9.84 Å². The maximum absolute atomic E-state index is 9.59. The number of aromatic hydroxyl groups is 1. The normalized spacial score (nSPS) is 10.2. The topological polar surface area (TPSA) is 44.7 Å². The molecule has 2 aromatic carbocycles. The van der Waals surface area contributed by atoms with Gasteiger partial charge < -0.3 is 20.1 Å². The number of methoxy groups -OCH3 is 1. The van der Waals surface area contributed by atoms with E-state index in [4.69, 9.17) is 4.74 Å². The number of phenolic OH excluding ortho intramolecular Hbond substituents is 1. The molecule has 0 aromatic heterocycles. The maximum Gasteiger partial charge on any atom is 0.160 e. The molecule has 0 radical (unpaired) electrons. The highest BCUT2D eigenvalue weighted by molar-refractivity contribution is 5.69. The van der Waals surface area contributed by atoms with Crippen LogP contribution in [0, 0.1) is 0 Å². The van der Waals surface area contributed by atoms with Gasteiger partial charge >= 0.3 is 0 Å². The van der Waals surface area contributed by atoms with Crippen molar-refractivity contribution in [1.82, 2.24) is 0 Å². The lowest BCUT2D eigenvalue weighted by molar-refractivity contribution is 0.373. The molecule has 0 aliphatic rings. The van der Waals surface area contributed by atoms with Gasteiger partial charge in [-0.1, -0.05) is 18.2 Å². The van der Waals surface area contributed by atoms with E-state index in [-0.39, 0.29) is 5.75 Å². The number of hydrogen-bond acceptors (Lipinski definition) is 4. The van der Waals surface area contributed by atoms with E-state index in [0.717, 1.165) is 16.9 Å². The van der Waals surface area contributed by atoms with Crippen LogP contribution in [0.3, 0.4) is 0 Å². The smallest absolute Gasteiger partial charge is 0.160 e. The van der Waals surface area contributed by atoms with E-state index in [9.17, 15) is 5.11 Å². The monoisotopic (exact) mass is 272 g/mol. The Morgan fingerprint density at radius 1 is 1.15 bits per heavy atom. The zero-order valence-electron chi connectivity index (χ0n) is 12.1. The van der Waals surface area contributed by atoms with Crippen LogP contribution in [0.4, 0.5) is 11.4 Å². The minimum Gasteiger partial charge on any atom is -0.504 e. The van der Waals surface area contributed by atoms with Crippen molar-refractivity contribution in [3.8, 4) is 11.5 Å². The molecule has 0 amide bonds. The van der Waals surface area contributed by atoms with Crippen LogP contribution in [-0.4, -0.2) is 26.3 Å². The van der Waals surface area contributed by atoms with E-state index in [0.29, 0.717) is 12.3 Å². The molecule has 0 saturated carbocycles. The van der Waals surface area contributed by atoms with Crippen LogP contribution in [-0.2, 0) is 6.54 Å². The van der Waals surface area contributed by atoms with Crippen LogP contribution in [0.25, 0.3) is 0 Å². The summed E-state index contributed by atoms with van der Waals surface area (Å²) in [5.74, 6) is 0.648. The van der Waals surface area contributed by atoms with E-state index in [1.165, 1.54) is 0 Å². The minimum atomic E-state index is 0.157. The molecule has 0 bridgehead atoms. The van der Waals surface area contributed by atoms with Crippen LogP contribution in [0.15, 0.2) is 42.5 Å². The van der Waals surface area contributed by atoms with Crippen molar-refractivity contribution >= 4 is 11.4 Å². The van der Waals surface area contributed by atoms with Gasteiger partial charge in [-0.3, -0.25) is 0 Å². The average Bonchev–Trinajstić information content (AvgIpc) is 2.46. The molecule has 4 nitrogen and oxygen atoms in total. The zero-order valence-corrected chi connectivity index (χ0v) is 12.1. The largest absolute Gasteiger partial charge is 0.504 e. The zero-order chi connectivity index (χ0) is 14.5. The first-order valence-corrected chi connectivity index (χ1v) is 6.48. The van der Waals surface area contributed by atoms with Crippen molar-refractivity contribution in [2.45, 2.75) is 6.54 Å². The molecule has 2 aromatic rings. The predicted octanol–water partition coefficient (Wildman–Crippen LogP) is 3.08. The van der Waals surface area contributed by atoms with Crippen molar-refractivity contribution in [3.63, 3.8) is 0 Å². The molecule has 4 heteroatoms. The fourth-order valence-electron chi connectivity index (χ4n) is 2.04. The summed E-state index contributed by atoms with van der Waals surface area (Å²) >= 11 is 0. The van der Waals surface area contributed by atoms with Crippen molar-refractivity contribution in [2.75, 3.05) is 31.4 Å². The van der Waals surface area contributed by atoms with Crippen molar-refractivity contribution in [2.24, 2.45) is 0 Å². The van der Waals surface area contributed by atoms with Gasteiger partial charge in [0.1, 0.15) is 0 Å². The Balaban J connectivity index is 2.13. The third-order valence-electron chi connectivity index (χ3n) is 3.11. The molecule has 0 aliphatic heterocycles. The second-order valence-electron chi connectivity index (χ2n) is 4.77. The van der Waals surface area contributed by atoms with Gasteiger partial charge in [0.2, 0.25) is 0 Å². The Hall–Kier alpha value is -2.36. The van der Waals surface area contributed by atoms with Gasteiger partial charge in [-0.05, 0) is 29.8 Å². The first-order chi connectivity index (χ1) is 9.61. The molecule has 0 atom stereocenters. The van der Waals surface area contributed by atoms with Gasteiger partial charge in [0.15, 0.2) is 11.5 Å². The lowest BCUT2D eigenvalue weighted by Gasteiger charge is -2.18. The van der Waals surface area contributed by atoms with Gasteiger partial charge in [0, 0.05) is 20.6 Å². The van der Waals surface area contributed by atoms with Crippen LogP contribution >= 0.6 is 0 Å². The summed E-state index contributed by atoms with van der Waals surface area (Å²) < 4.78 is 5.11. The molecule has 0 fully saturated rings. The number of nitrogens with one attached hydrogen (secondary N) is 1. The number of benzene rings is 2. The van der Waals surface area contributed by atoms with Gasteiger partial charge in [-0.25, -0.2) is 0 Å². The van der Waals surface area contributed by atoms with E-state index >= 15 is 0 Å². The third kappa shape index (κ3) is 3.15. The first kappa shape index (κ1) is 14.1. The predicted molar refractivity (Wildman–Crippen MR) is 82.8 cm³/mol. The molecular formula is C16H20N2O2. The molecule has 0 heterocycles. The second kappa shape index (κ2) is 6.19. The Labute approximate surface area is 119 Å². The number of nitrogens with zero attached hydrogens (tertiary/aromatic N) is 1. The van der Waals surface area contributed by atoms with E-state index in [2.05, 4.69) is 16.3 Å². The summed E-state index contributed by atoms with van der Waals surface area (Å²) in [4.78, 5) is 2.07. The molecular weight excluding hydrogens is 252 g/mol. The molecule has 2 N–H and O–H groups in total. The van der Waals surface area contributed by atoms with Crippen molar-refractivity contribution in [1.29, 1.82) is 0 Å². The number of anilines is 2. The number of para-hydroxylation sites is 2. The Bertz CT molecular complexity index is 582. The molecule has 20 heavy (non-hydrogen) atoms. The summed E-state index contributed by atoms with van der Waals surface area (Å²) in [7, 11) is 5.59. The van der Waals surface area contributed by atoms with Gasteiger partial charge in [0.25, 0.3) is 0 Å². The van der Waals surface area contributed by atoms with E-state index in [1.54, 1.807) is 13.2 Å². The summed E-state index contributed by atoms with van der Waals surface area (Å²) in [6.45, 7) is 0.668. The molecule has 0 aliphatic carbocycles. The lowest BCUT2D eigenvalue weighted by atomic mass is 10.2. The highest BCUT2D eigenvalue weighted by atomic mass is 16.5. The molecule has 0 saturated heterocycles. The summed E-state index contributed by atoms with van der Waals surface area (Å²) in [6.07, 6.45) is 0. The number of ether oxygens (including phenoxy) is 1. The summed E-state index contributed by atoms with van der Waals surface area (Å²) in [5.41, 5.74) is 3.26. The highest BCUT2D eigenvalue weighted by Crippen LogP contribution is 2.28. The van der Waals surface area contributed by atoms with E-state index < -0.39 is 0 Å². The summed E-state index contributed by atoms with van der Waals surface area (Å²) in [6, 6.07) is 13.5. The standard InChI is InChI=1S/C16H20N2O2/c1-18(2)14-7-5-4-6-13(14)17-11-12-8-9-15(19)16(10-12)20-3/h4-10,17,19H,11H2,1-3H3. The number of phenols is 1. The minimum absolute atomic E-state index is 0.157. The second-order valence-corrected chi connectivity index (χ2v) is 4.77. The molecule has 106 valence electrons. The highest BCUT2D eigenvalue weighted by Gasteiger charge is 2.05. The van der Waals surface area contributed by atoms with Crippen LogP contribution in [0.1, 0.15) is 5.56 Å². The Kier molecular flexibility index (Phi) is 4.35. The Morgan fingerprint density at radius 3 is 2.60 bits per heavy atom. The molecule has 0 spiro atoms. The first-order valence-electron chi connectivity index (χ1n) is 6.48.